The summed E-state index contributed by atoms with van der Waals surface area (Å²) in [5, 5.41) is 14.6. The Morgan fingerprint density at radius 3 is 2.67 bits per heavy atom. The minimum absolute atomic E-state index is 0.0366. The molecule has 7 heteroatoms. The van der Waals surface area contributed by atoms with E-state index < -0.39 is 11.9 Å². The Morgan fingerprint density at radius 1 is 1.67 bits per heavy atom. The molecule has 6 nitrogen and oxygen atoms in total. The van der Waals surface area contributed by atoms with E-state index in [1.165, 1.54) is 13.1 Å². The maximum absolute atomic E-state index is 11.1. The number of carbonyl (C=O) groups excluding carboxylic acids is 1. The van der Waals surface area contributed by atoms with Crippen molar-refractivity contribution in [3.8, 4) is 0 Å². The van der Waals surface area contributed by atoms with Crippen LogP contribution >= 0.6 is 11.6 Å². The molecule has 1 rings (SSSR count). The molecule has 80 valence electrons. The molecule has 0 radical (unpaired) electrons. The summed E-state index contributed by atoms with van der Waals surface area (Å²) in [4.78, 5) is 21.7. The quantitative estimate of drug-likeness (QED) is 0.752. The second-order valence-electron chi connectivity index (χ2n) is 2.70. The summed E-state index contributed by atoms with van der Waals surface area (Å²) in [6, 6.07) is 1.22. The van der Waals surface area contributed by atoms with Crippen LogP contribution in [0.3, 0.4) is 0 Å². The fourth-order valence-electron chi connectivity index (χ4n) is 0.913. The number of halogens is 1. The molecule has 1 aromatic rings. The van der Waals surface area contributed by atoms with Gasteiger partial charge in [0.1, 0.15) is 5.69 Å². The highest BCUT2D eigenvalue weighted by Gasteiger charge is 2.13. The topological polar surface area (TPSA) is 84.2 Å². The van der Waals surface area contributed by atoms with Gasteiger partial charge in [-0.25, -0.2) is 4.79 Å². The number of carboxylic acids is 1. The molecule has 0 fully saturated rings. The molecule has 1 amide bonds. The van der Waals surface area contributed by atoms with E-state index in [-0.39, 0.29) is 16.5 Å². The SMILES string of the molecule is C=C(Cl)C(=O)Nc1cc(C(=O)O)n(C)n1. The van der Waals surface area contributed by atoms with Crippen molar-refractivity contribution in [2.45, 2.75) is 0 Å². The number of anilines is 1. The van der Waals surface area contributed by atoms with Crippen LogP contribution in [0.25, 0.3) is 0 Å². The number of amides is 1. The molecule has 0 aliphatic rings. The molecule has 0 aliphatic carbocycles. The number of rotatable bonds is 3. The average molecular weight is 230 g/mol. The number of carboxylic acid groups (broad SMARTS) is 1. The molecule has 0 atom stereocenters. The number of nitrogens with one attached hydrogen (secondary N) is 1. The zero-order valence-electron chi connectivity index (χ0n) is 7.82. The number of hydrogen-bond donors (Lipinski definition) is 2. The summed E-state index contributed by atoms with van der Waals surface area (Å²) in [6.45, 7) is 3.22. The molecule has 0 saturated heterocycles. The third-order valence-corrected chi connectivity index (χ3v) is 1.76. The highest BCUT2D eigenvalue weighted by molar-refractivity contribution is 6.43. The van der Waals surface area contributed by atoms with Crippen molar-refractivity contribution in [1.29, 1.82) is 0 Å². The number of aromatic nitrogens is 2. The lowest BCUT2D eigenvalue weighted by atomic mass is 10.4. The second kappa shape index (κ2) is 4.14. The predicted molar refractivity (Wildman–Crippen MR) is 53.8 cm³/mol. The van der Waals surface area contributed by atoms with Crippen molar-refractivity contribution in [2.24, 2.45) is 7.05 Å². The smallest absolute Gasteiger partial charge is 0.354 e. The maximum Gasteiger partial charge on any atom is 0.354 e. The molecular formula is C8H8ClN3O3. The average Bonchev–Trinajstić information content (AvgIpc) is 2.46. The van der Waals surface area contributed by atoms with Gasteiger partial charge >= 0.3 is 5.97 Å². The summed E-state index contributed by atoms with van der Waals surface area (Å²) in [5.74, 6) is -1.64. The summed E-state index contributed by atoms with van der Waals surface area (Å²) in [5.41, 5.74) is -0.0366. The standard InChI is InChI=1S/C8H8ClN3O3/c1-4(9)7(13)10-6-3-5(8(14)15)12(2)11-6/h3H,1H2,2H3,(H,14,15)(H,10,11,13). The van der Waals surface area contributed by atoms with E-state index in [2.05, 4.69) is 17.0 Å². The fourth-order valence-corrected chi connectivity index (χ4v) is 0.960. The number of nitrogens with zero attached hydrogens (tertiary/aromatic N) is 2. The van der Waals surface area contributed by atoms with Gasteiger partial charge in [-0.1, -0.05) is 18.2 Å². The van der Waals surface area contributed by atoms with Gasteiger partial charge in [-0.15, -0.1) is 0 Å². The van der Waals surface area contributed by atoms with Crippen LogP contribution in [0.2, 0.25) is 0 Å². The predicted octanol–water partition coefficient (Wildman–Crippen LogP) is 0.809. The molecule has 0 spiro atoms. The molecule has 2 N–H and O–H groups in total. The van der Waals surface area contributed by atoms with Crippen LogP contribution in [0.4, 0.5) is 5.82 Å². The number of hydrogen-bond acceptors (Lipinski definition) is 3. The van der Waals surface area contributed by atoms with E-state index >= 15 is 0 Å². The Morgan fingerprint density at radius 2 is 2.27 bits per heavy atom. The molecule has 0 aromatic carbocycles. The van der Waals surface area contributed by atoms with Crippen molar-refractivity contribution in [2.75, 3.05) is 5.32 Å². The molecule has 0 unspecified atom stereocenters. The highest BCUT2D eigenvalue weighted by Crippen LogP contribution is 2.10. The monoisotopic (exact) mass is 229 g/mol. The fraction of sp³-hybridized carbons (Fsp3) is 0.125. The van der Waals surface area contributed by atoms with Crippen LogP contribution in [0.15, 0.2) is 17.7 Å². The van der Waals surface area contributed by atoms with Gasteiger partial charge in [-0.2, -0.15) is 5.10 Å². The van der Waals surface area contributed by atoms with Crippen LogP contribution in [0.5, 0.6) is 0 Å². The lowest BCUT2D eigenvalue weighted by molar-refractivity contribution is -0.112. The molecule has 0 bridgehead atoms. The summed E-state index contributed by atoms with van der Waals surface area (Å²) < 4.78 is 1.13. The molecule has 15 heavy (non-hydrogen) atoms. The molecule has 1 aromatic heterocycles. The Balaban J connectivity index is 2.89. The zero-order chi connectivity index (χ0) is 11.6. The van der Waals surface area contributed by atoms with E-state index in [9.17, 15) is 9.59 Å². The van der Waals surface area contributed by atoms with Crippen LogP contribution in [0, 0.1) is 0 Å². The maximum atomic E-state index is 11.1. The first-order valence-electron chi connectivity index (χ1n) is 3.85. The Labute approximate surface area is 90.1 Å². The lowest BCUT2D eigenvalue weighted by Gasteiger charge is -1.97. The lowest BCUT2D eigenvalue weighted by Crippen LogP contribution is -2.11. The van der Waals surface area contributed by atoms with Gasteiger partial charge in [0.15, 0.2) is 5.82 Å². The minimum atomic E-state index is -1.13. The third kappa shape index (κ3) is 2.57. The third-order valence-electron chi connectivity index (χ3n) is 1.59. The van der Waals surface area contributed by atoms with E-state index in [0.29, 0.717) is 0 Å². The normalized spacial score (nSPS) is 9.73. The molecule has 0 saturated carbocycles. The first-order chi connectivity index (χ1) is 6.91. The molecule has 0 aliphatic heterocycles. The highest BCUT2D eigenvalue weighted by atomic mass is 35.5. The van der Waals surface area contributed by atoms with Crippen LogP contribution in [-0.4, -0.2) is 26.8 Å². The molecule has 1 heterocycles. The number of aromatic carboxylic acids is 1. The van der Waals surface area contributed by atoms with Gasteiger partial charge in [-0.05, 0) is 0 Å². The number of aryl methyl sites for hydroxylation is 1. The van der Waals surface area contributed by atoms with Crippen molar-refractivity contribution in [3.05, 3.63) is 23.4 Å². The van der Waals surface area contributed by atoms with Gasteiger partial charge < -0.3 is 10.4 Å². The van der Waals surface area contributed by atoms with E-state index in [4.69, 9.17) is 16.7 Å². The van der Waals surface area contributed by atoms with Gasteiger partial charge in [-0.3, -0.25) is 9.48 Å². The minimum Gasteiger partial charge on any atom is -0.477 e. The Hall–Kier alpha value is -1.82. The first-order valence-corrected chi connectivity index (χ1v) is 4.22. The molecular weight excluding hydrogens is 222 g/mol. The van der Waals surface area contributed by atoms with Crippen LogP contribution < -0.4 is 5.32 Å². The van der Waals surface area contributed by atoms with Gasteiger partial charge in [0.2, 0.25) is 0 Å². The van der Waals surface area contributed by atoms with E-state index in [1.54, 1.807) is 0 Å². The summed E-state index contributed by atoms with van der Waals surface area (Å²) in [6.07, 6.45) is 0. The van der Waals surface area contributed by atoms with E-state index in [0.717, 1.165) is 4.68 Å². The summed E-state index contributed by atoms with van der Waals surface area (Å²) >= 11 is 5.33. The zero-order valence-corrected chi connectivity index (χ0v) is 8.58. The largest absolute Gasteiger partial charge is 0.477 e. The van der Waals surface area contributed by atoms with Crippen LogP contribution in [-0.2, 0) is 11.8 Å². The van der Waals surface area contributed by atoms with Crippen LogP contribution in [0.1, 0.15) is 10.5 Å². The van der Waals surface area contributed by atoms with Gasteiger partial charge in [0.25, 0.3) is 5.91 Å². The second-order valence-corrected chi connectivity index (χ2v) is 3.16. The van der Waals surface area contributed by atoms with E-state index in [1.807, 2.05) is 0 Å². The number of carbonyl (C=O) groups is 2. The van der Waals surface area contributed by atoms with Gasteiger partial charge in [0, 0.05) is 13.1 Å². The van der Waals surface area contributed by atoms with Crippen molar-refractivity contribution in [3.63, 3.8) is 0 Å². The Bertz CT molecular complexity index is 438. The van der Waals surface area contributed by atoms with Crippen molar-refractivity contribution < 1.29 is 14.7 Å². The van der Waals surface area contributed by atoms with Gasteiger partial charge in [0.05, 0.1) is 5.03 Å². The summed E-state index contributed by atoms with van der Waals surface area (Å²) in [7, 11) is 1.45. The van der Waals surface area contributed by atoms with Crippen molar-refractivity contribution >= 4 is 29.3 Å². The Kier molecular flexibility index (Phi) is 3.11. The first kappa shape index (κ1) is 11.3. The van der Waals surface area contributed by atoms with Crippen molar-refractivity contribution in [1.82, 2.24) is 9.78 Å².